The molecule has 0 aliphatic carbocycles. The van der Waals surface area contributed by atoms with Gasteiger partial charge < -0.3 is 5.32 Å². The largest absolute Gasteiger partial charge is 0.370 e. The quantitative estimate of drug-likeness (QED) is 0.893. The summed E-state index contributed by atoms with van der Waals surface area (Å²) < 4.78 is 2.22. The molecule has 8 heteroatoms. The van der Waals surface area contributed by atoms with Crippen molar-refractivity contribution in [2.45, 2.75) is 6.92 Å². The maximum atomic E-state index is 12.2. The van der Waals surface area contributed by atoms with E-state index in [4.69, 9.17) is 0 Å². The first-order chi connectivity index (χ1) is 9.11. The van der Waals surface area contributed by atoms with E-state index in [9.17, 15) is 4.79 Å². The van der Waals surface area contributed by atoms with Gasteiger partial charge in [0.25, 0.3) is 5.91 Å². The van der Waals surface area contributed by atoms with E-state index in [1.54, 1.807) is 19.3 Å². The van der Waals surface area contributed by atoms with E-state index in [0.717, 1.165) is 4.47 Å². The van der Waals surface area contributed by atoms with Gasteiger partial charge in [-0.05, 0) is 28.9 Å². The minimum Gasteiger partial charge on any atom is -0.370 e. The Balaban J connectivity index is 2.27. The van der Waals surface area contributed by atoms with Crippen LogP contribution in [0.25, 0.3) is 0 Å². The number of nitrogens with one attached hydrogen (secondary N) is 2. The highest BCUT2D eigenvalue weighted by Crippen LogP contribution is 2.19. The summed E-state index contributed by atoms with van der Waals surface area (Å²) in [6.07, 6.45) is 3.01. The van der Waals surface area contributed by atoms with Gasteiger partial charge >= 0.3 is 0 Å². The van der Waals surface area contributed by atoms with Crippen molar-refractivity contribution in [3.63, 3.8) is 0 Å². The van der Waals surface area contributed by atoms with Crippen LogP contribution in [0.3, 0.4) is 0 Å². The van der Waals surface area contributed by atoms with Crippen LogP contribution in [0.2, 0.25) is 0 Å². The zero-order chi connectivity index (χ0) is 13.8. The first-order valence-corrected chi connectivity index (χ1v) is 6.46. The molecule has 0 spiro atoms. The summed E-state index contributed by atoms with van der Waals surface area (Å²) in [4.78, 5) is 20.3. The molecular weight excluding hydrogens is 312 g/mol. The highest BCUT2D eigenvalue weighted by Gasteiger charge is 2.15. The predicted octanol–water partition coefficient (Wildman–Crippen LogP) is 1.66. The Labute approximate surface area is 118 Å². The molecule has 7 nitrogen and oxygen atoms in total. The second-order valence-corrected chi connectivity index (χ2v) is 4.66. The van der Waals surface area contributed by atoms with Crippen LogP contribution in [0.15, 0.2) is 23.1 Å². The second-order valence-electron chi connectivity index (χ2n) is 3.74. The molecule has 0 saturated heterocycles. The average Bonchev–Trinajstić information content (AvgIpc) is 2.77. The van der Waals surface area contributed by atoms with Crippen LogP contribution in [-0.4, -0.2) is 32.2 Å². The van der Waals surface area contributed by atoms with Crippen molar-refractivity contribution in [1.29, 1.82) is 0 Å². The molecule has 0 aliphatic rings. The van der Waals surface area contributed by atoms with Gasteiger partial charge in [0, 0.05) is 24.3 Å². The van der Waals surface area contributed by atoms with E-state index in [2.05, 4.69) is 41.6 Å². The smallest absolute Gasteiger partial charge is 0.261 e. The van der Waals surface area contributed by atoms with Crippen LogP contribution < -0.4 is 10.6 Å². The molecule has 1 amide bonds. The number of halogens is 1. The number of hydrogen-bond donors (Lipinski definition) is 2. The van der Waals surface area contributed by atoms with Gasteiger partial charge in [-0.15, -0.1) is 0 Å². The van der Waals surface area contributed by atoms with Gasteiger partial charge in [-0.3, -0.25) is 10.1 Å². The van der Waals surface area contributed by atoms with Gasteiger partial charge in [-0.1, -0.05) is 0 Å². The summed E-state index contributed by atoms with van der Waals surface area (Å²) in [5.74, 6) is 0.624. The third-order valence-electron chi connectivity index (χ3n) is 2.38. The molecule has 100 valence electrons. The van der Waals surface area contributed by atoms with E-state index in [0.29, 0.717) is 23.9 Å². The molecule has 0 aromatic carbocycles. The lowest BCUT2D eigenvalue weighted by Crippen LogP contribution is -2.18. The highest BCUT2D eigenvalue weighted by molar-refractivity contribution is 9.10. The fourth-order valence-corrected chi connectivity index (χ4v) is 1.83. The molecule has 0 bridgehead atoms. The van der Waals surface area contributed by atoms with E-state index >= 15 is 0 Å². The molecule has 2 rings (SSSR count). The maximum absolute atomic E-state index is 12.2. The van der Waals surface area contributed by atoms with Crippen molar-refractivity contribution in [2.24, 2.45) is 7.05 Å². The molecular formula is C11H13BrN6O. The zero-order valence-corrected chi connectivity index (χ0v) is 12.1. The SMILES string of the molecule is CCNc1ncc(Br)cc1C(=O)Nc1ncnn1C. The van der Waals surface area contributed by atoms with Gasteiger partial charge in [-0.2, -0.15) is 10.1 Å². The summed E-state index contributed by atoms with van der Waals surface area (Å²) in [5, 5.41) is 9.61. The maximum Gasteiger partial charge on any atom is 0.261 e. The standard InChI is InChI=1S/C11H13BrN6O/c1-3-13-9-8(4-7(12)5-14-9)10(19)17-11-15-6-16-18(11)2/h4-6H,3H2,1-2H3,(H,13,14)(H,15,16,17,19). The van der Waals surface area contributed by atoms with Crippen LogP contribution >= 0.6 is 15.9 Å². The van der Waals surface area contributed by atoms with Crippen molar-refractivity contribution in [2.75, 3.05) is 17.2 Å². The fraction of sp³-hybridized carbons (Fsp3) is 0.273. The summed E-state index contributed by atoms with van der Waals surface area (Å²) in [6.45, 7) is 2.62. The molecule has 19 heavy (non-hydrogen) atoms. The molecule has 0 saturated carbocycles. The molecule has 0 aliphatic heterocycles. The Morgan fingerprint density at radius 1 is 1.47 bits per heavy atom. The second kappa shape index (κ2) is 5.79. The number of amides is 1. The van der Waals surface area contributed by atoms with E-state index in [-0.39, 0.29) is 5.91 Å². The predicted molar refractivity (Wildman–Crippen MR) is 75.1 cm³/mol. The number of carbonyl (C=O) groups is 1. The minimum absolute atomic E-state index is 0.291. The topological polar surface area (TPSA) is 84.7 Å². The van der Waals surface area contributed by atoms with Gasteiger partial charge in [0.05, 0.1) is 5.56 Å². The van der Waals surface area contributed by atoms with Crippen LogP contribution in [0, 0.1) is 0 Å². The van der Waals surface area contributed by atoms with Crippen molar-refractivity contribution >= 4 is 33.6 Å². The Bertz CT molecular complexity index is 597. The lowest BCUT2D eigenvalue weighted by molar-refractivity contribution is 0.102. The lowest BCUT2D eigenvalue weighted by atomic mass is 10.2. The molecule has 2 aromatic heterocycles. The van der Waals surface area contributed by atoms with Gasteiger partial charge in [0.2, 0.25) is 5.95 Å². The Kier molecular flexibility index (Phi) is 4.10. The highest BCUT2D eigenvalue weighted by atomic mass is 79.9. The molecule has 0 unspecified atom stereocenters. The third kappa shape index (κ3) is 3.08. The van der Waals surface area contributed by atoms with Crippen LogP contribution in [0.1, 0.15) is 17.3 Å². The molecule has 2 aromatic rings. The minimum atomic E-state index is -0.291. The zero-order valence-electron chi connectivity index (χ0n) is 10.5. The molecule has 0 fully saturated rings. The molecule has 0 atom stereocenters. The van der Waals surface area contributed by atoms with Crippen molar-refractivity contribution in [3.05, 3.63) is 28.6 Å². The Morgan fingerprint density at radius 2 is 2.26 bits per heavy atom. The van der Waals surface area contributed by atoms with Gasteiger partial charge in [-0.25, -0.2) is 9.67 Å². The first kappa shape index (κ1) is 13.5. The van der Waals surface area contributed by atoms with Crippen molar-refractivity contribution in [1.82, 2.24) is 19.7 Å². The molecule has 2 heterocycles. The summed E-state index contributed by atoms with van der Waals surface area (Å²) in [5.41, 5.74) is 0.444. The summed E-state index contributed by atoms with van der Waals surface area (Å²) >= 11 is 3.30. The summed E-state index contributed by atoms with van der Waals surface area (Å²) in [6, 6.07) is 1.71. The van der Waals surface area contributed by atoms with Crippen LogP contribution in [-0.2, 0) is 7.05 Å². The van der Waals surface area contributed by atoms with Gasteiger partial charge in [0.1, 0.15) is 12.1 Å². The Morgan fingerprint density at radius 3 is 2.89 bits per heavy atom. The van der Waals surface area contributed by atoms with Gasteiger partial charge in [0.15, 0.2) is 0 Å². The normalized spacial score (nSPS) is 10.3. The fourth-order valence-electron chi connectivity index (χ4n) is 1.50. The first-order valence-electron chi connectivity index (χ1n) is 5.66. The number of hydrogen-bond acceptors (Lipinski definition) is 5. The molecule has 0 radical (unpaired) electrons. The monoisotopic (exact) mass is 324 g/mol. The number of aryl methyl sites for hydroxylation is 1. The lowest BCUT2D eigenvalue weighted by Gasteiger charge is -2.10. The number of nitrogens with zero attached hydrogens (tertiary/aromatic N) is 4. The van der Waals surface area contributed by atoms with Crippen molar-refractivity contribution in [3.8, 4) is 0 Å². The number of pyridine rings is 1. The number of aromatic nitrogens is 4. The number of rotatable bonds is 4. The summed E-state index contributed by atoms with van der Waals surface area (Å²) in [7, 11) is 1.70. The van der Waals surface area contributed by atoms with E-state index in [1.165, 1.54) is 11.0 Å². The average molecular weight is 325 g/mol. The molecule has 2 N–H and O–H groups in total. The number of carbonyl (C=O) groups excluding carboxylic acids is 1. The Hall–Kier alpha value is -1.96. The third-order valence-corrected chi connectivity index (χ3v) is 2.81. The number of anilines is 2. The van der Waals surface area contributed by atoms with E-state index < -0.39 is 0 Å². The van der Waals surface area contributed by atoms with E-state index in [1.807, 2.05) is 6.92 Å². The van der Waals surface area contributed by atoms with Crippen LogP contribution in [0.5, 0.6) is 0 Å². The van der Waals surface area contributed by atoms with Crippen LogP contribution in [0.4, 0.5) is 11.8 Å². The van der Waals surface area contributed by atoms with Crippen molar-refractivity contribution < 1.29 is 4.79 Å².